The highest BCUT2D eigenvalue weighted by atomic mass is 32.2. The third-order valence-electron chi connectivity index (χ3n) is 10.1. The van der Waals surface area contributed by atoms with Gasteiger partial charge in [0, 0.05) is 50.6 Å². The molecule has 0 radical (unpaired) electrons. The number of fused-ring (bicyclic) bond motifs is 8. The molecule has 0 unspecified atom stereocenters. The molecular formula is C50H32N4S. The van der Waals surface area contributed by atoms with Crippen molar-refractivity contribution in [2.24, 2.45) is 0 Å². The van der Waals surface area contributed by atoms with Gasteiger partial charge in [0.1, 0.15) is 0 Å². The van der Waals surface area contributed by atoms with Gasteiger partial charge >= 0.3 is 0 Å². The maximum absolute atomic E-state index is 5.22. The van der Waals surface area contributed by atoms with Crippen LogP contribution in [0.15, 0.2) is 192 Å². The third kappa shape index (κ3) is 6.31. The van der Waals surface area contributed by atoms with E-state index < -0.39 is 0 Å². The Balaban J connectivity index is 1.18. The summed E-state index contributed by atoms with van der Waals surface area (Å²) in [5.74, 6) is 0.619. The van der Waals surface area contributed by atoms with E-state index in [1.165, 1.54) is 42.8 Å². The molecule has 5 heteroatoms. The zero-order chi connectivity index (χ0) is 36.6. The van der Waals surface area contributed by atoms with Crippen molar-refractivity contribution in [1.82, 2.24) is 19.9 Å². The maximum atomic E-state index is 5.22. The summed E-state index contributed by atoms with van der Waals surface area (Å²) in [6.07, 6.45) is 9.95. The molecule has 9 aromatic rings. The molecule has 1 aliphatic rings. The molecule has 0 aliphatic carbocycles. The van der Waals surface area contributed by atoms with Crippen molar-refractivity contribution in [1.29, 1.82) is 0 Å². The summed E-state index contributed by atoms with van der Waals surface area (Å²) in [6, 6.07) is 57.7. The first kappa shape index (κ1) is 32.7. The van der Waals surface area contributed by atoms with Crippen LogP contribution in [-0.4, -0.2) is 19.9 Å². The van der Waals surface area contributed by atoms with E-state index in [2.05, 4.69) is 138 Å². The summed E-state index contributed by atoms with van der Waals surface area (Å²) >= 11 is 1.84. The molecule has 10 rings (SSSR count). The highest BCUT2D eigenvalue weighted by Crippen LogP contribution is 2.47. The molecule has 6 aromatic carbocycles. The molecule has 4 nitrogen and oxygen atoms in total. The van der Waals surface area contributed by atoms with Gasteiger partial charge < -0.3 is 0 Å². The SMILES string of the molecule is C1=C\c2ccc(-c3cc(-c4ccccc4)nc(-c4ccc(-c5cccnc5)nc4)n3)cc2-c2ccc3ccccc3c2Sc2ccccc2-c2ccccc2/1. The van der Waals surface area contributed by atoms with Gasteiger partial charge in [0.25, 0.3) is 0 Å². The van der Waals surface area contributed by atoms with E-state index in [4.69, 9.17) is 15.0 Å². The first-order valence-electron chi connectivity index (χ1n) is 18.3. The minimum atomic E-state index is 0.619. The fourth-order valence-electron chi connectivity index (χ4n) is 7.31. The Labute approximate surface area is 324 Å². The van der Waals surface area contributed by atoms with Gasteiger partial charge in [-0.05, 0) is 86.6 Å². The lowest BCUT2D eigenvalue weighted by molar-refractivity contribution is 1.17. The minimum absolute atomic E-state index is 0.619. The first-order valence-corrected chi connectivity index (χ1v) is 19.1. The molecule has 0 atom stereocenters. The van der Waals surface area contributed by atoms with Gasteiger partial charge in [-0.2, -0.15) is 0 Å². The molecule has 4 heterocycles. The number of hydrogen-bond donors (Lipinski definition) is 0. The van der Waals surface area contributed by atoms with E-state index in [-0.39, 0.29) is 0 Å². The Kier molecular flexibility index (Phi) is 8.39. The van der Waals surface area contributed by atoms with Crippen molar-refractivity contribution in [3.8, 4) is 67.4 Å². The van der Waals surface area contributed by atoms with Crippen molar-refractivity contribution >= 4 is 34.7 Å². The van der Waals surface area contributed by atoms with Gasteiger partial charge in [-0.1, -0.05) is 145 Å². The zero-order valence-corrected chi connectivity index (χ0v) is 30.5. The molecule has 0 saturated heterocycles. The van der Waals surface area contributed by atoms with Gasteiger partial charge in [-0.25, -0.2) is 9.97 Å². The lowest BCUT2D eigenvalue weighted by Gasteiger charge is -2.18. The highest BCUT2D eigenvalue weighted by Gasteiger charge is 2.19. The molecule has 1 aliphatic heterocycles. The van der Waals surface area contributed by atoms with Crippen LogP contribution in [0.25, 0.3) is 90.3 Å². The predicted octanol–water partition coefficient (Wildman–Crippen LogP) is 13.1. The number of rotatable bonds is 4. The van der Waals surface area contributed by atoms with Gasteiger partial charge in [0.05, 0.1) is 17.1 Å². The van der Waals surface area contributed by atoms with Crippen molar-refractivity contribution in [2.75, 3.05) is 0 Å². The summed E-state index contributed by atoms with van der Waals surface area (Å²) in [7, 11) is 0. The average molecular weight is 721 g/mol. The van der Waals surface area contributed by atoms with E-state index in [1.54, 1.807) is 6.20 Å². The monoisotopic (exact) mass is 720 g/mol. The van der Waals surface area contributed by atoms with Crippen molar-refractivity contribution in [2.45, 2.75) is 9.79 Å². The van der Waals surface area contributed by atoms with Gasteiger partial charge in [0.2, 0.25) is 0 Å². The van der Waals surface area contributed by atoms with Crippen molar-refractivity contribution in [3.05, 3.63) is 194 Å². The molecule has 55 heavy (non-hydrogen) atoms. The highest BCUT2D eigenvalue weighted by molar-refractivity contribution is 7.99. The van der Waals surface area contributed by atoms with E-state index >= 15 is 0 Å². The Bertz CT molecular complexity index is 2890. The van der Waals surface area contributed by atoms with E-state index in [1.807, 2.05) is 66.6 Å². The number of aromatic nitrogens is 4. The van der Waals surface area contributed by atoms with Crippen LogP contribution in [-0.2, 0) is 0 Å². The van der Waals surface area contributed by atoms with Crippen LogP contribution in [0.2, 0.25) is 0 Å². The van der Waals surface area contributed by atoms with Crippen LogP contribution in [0.5, 0.6) is 0 Å². The quantitative estimate of drug-likeness (QED) is 0.181. The summed E-state index contributed by atoms with van der Waals surface area (Å²) in [5.41, 5.74) is 13.5. The van der Waals surface area contributed by atoms with Crippen LogP contribution in [0.1, 0.15) is 11.1 Å². The van der Waals surface area contributed by atoms with E-state index in [9.17, 15) is 0 Å². The second kappa shape index (κ2) is 14.1. The molecule has 0 amide bonds. The fraction of sp³-hybridized carbons (Fsp3) is 0. The Morgan fingerprint density at radius 3 is 1.98 bits per heavy atom. The average Bonchev–Trinajstić information content (AvgIpc) is 3.28. The second-order valence-electron chi connectivity index (χ2n) is 13.5. The second-order valence-corrected chi connectivity index (χ2v) is 14.5. The standard InChI is InChI=1S/C50H32N4S/c1-2-13-36(14-3-1)46-30-47(54-50(53-46)39-25-27-45(52-32-39)38-15-10-28-51-31-38)37-23-22-35-21-20-33-11-4-6-16-40(33)42-18-8-9-19-48(42)55-49-41-17-7-5-12-34(41)24-26-43(49)44(35)29-37/h1-32H/b21-20-. The molecule has 258 valence electrons. The van der Waals surface area contributed by atoms with Crippen LogP contribution in [0.4, 0.5) is 0 Å². The van der Waals surface area contributed by atoms with Gasteiger partial charge in [-0.3, -0.25) is 9.97 Å². The number of nitrogens with zero attached hydrogens (tertiary/aromatic N) is 4. The number of pyridine rings is 2. The third-order valence-corrected chi connectivity index (χ3v) is 11.3. The van der Waals surface area contributed by atoms with Crippen LogP contribution >= 0.6 is 11.8 Å². The molecule has 0 spiro atoms. The molecule has 0 bridgehead atoms. The van der Waals surface area contributed by atoms with Crippen LogP contribution < -0.4 is 0 Å². The molecule has 0 saturated carbocycles. The number of benzene rings is 6. The molecule has 0 fully saturated rings. The minimum Gasteiger partial charge on any atom is -0.264 e. The zero-order valence-electron chi connectivity index (χ0n) is 29.7. The first-order chi connectivity index (χ1) is 27.2. The molecule has 3 aromatic heterocycles. The van der Waals surface area contributed by atoms with Crippen LogP contribution in [0, 0.1) is 0 Å². The largest absolute Gasteiger partial charge is 0.264 e. The smallest absolute Gasteiger partial charge is 0.161 e. The summed E-state index contributed by atoms with van der Waals surface area (Å²) in [4.78, 5) is 21.8. The lowest BCUT2D eigenvalue weighted by Crippen LogP contribution is -1.97. The van der Waals surface area contributed by atoms with Gasteiger partial charge in [0.15, 0.2) is 5.82 Å². The number of hydrogen-bond acceptors (Lipinski definition) is 5. The summed E-state index contributed by atoms with van der Waals surface area (Å²) in [5, 5.41) is 2.44. The molecular weight excluding hydrogens is 689 g/mol. The topological polar surface area (TPSA) is 51.6 Å². The normalized spacial score (nSPS) is 12.4. The Morgan fingerprint density at radius 1 is 0.418 bits per heavy atom. The molecule has 0 N–H and O–H groups in total. The lowest BCUT2D eigenvalue weighted by atomic mass is 9.93. The van der Waals surface area contributed by atoms with E-state index in [0.29, 0.717) is 5.82 Å². The van der Waals surface area contributed by atoms with Crippen LogP contribution in [0.3, 0.4) is 0 Å². The maximum Gasteiger partial charge on any atom is 0.161 e. The Hall–Kier alpha value is -6.95. The van der Waals surface area contributed by atoms with Crippen molar-refractivity contribution < 1.29 is 0 Å². The summed E-state index contributed by atoms with van der Waals surface area (Å²) < 4.78 is 0. The van der Waals surface area contributed by atoms with Crippen molar-refractivity contribution in [3.63, 3.8) is 0 Å². The van der Waals surface area contributed by atoms with Gasteiger partial charge in [-0.15, -0.1) is 0 Å². The predicted molar refractivity (Wildman–Crippen MR) is 227 cm³/mol. The fourth-order valence-corrected chi connectivity index (χ4v) is 8.55. The van der Waals surface area contributed by atoms with E-state index in [0.717, 1.165) is 50.5 Å². The Morgan fingerprint density at radius 2 is 1.15 bits per heavy atom. The summed E-state index contributed by atoms with van der Waals surface area (Å²) in [6.45, 7) is 0.